The second-order valence-corrected chi connectivity index (χ2v) is 7.45. The van der Waals surface area contributed by atoms with Crippen molar-refractivity contribution in [2.75, 3.05) is 6.61 Å². The quantitative estimate of drug-likeness (QED) is 0.796. The lowest BCUT2D eigenvalue weighted by molar-refractivity contribution is 0.0581. The van der Waals surface area contributed by atoms with E-state index in [9.17, 15) is 0 Å². The summed E-state index contributed by atoms with van der Waals surface area (Å²) in [4.78, 5) is 4.46. The fourth-order valence-electron chi connectivity index (χ4n) is 1.72. The number of rotatable bonds is 4. The van der Waals surface area contributed by atoms with Crippen molar-refractivity contribution in [2.45, 2.75) is 54.6 Å². The zero-order valence-corrected chi connectivity index (χ0v) is 12.7. The average molecular weight is 249 g/mol. The smallest absolute Gasteiger partial charge is 0.0888 e. The van der Waals surface area contributed by atoms with Gasteiger partial charge in [0.05, 0.1) is 18.9 Å². The molecule has 0 atom stereocenters. The molecule has 1 aromatic heterocycles. The van der Waals surface area contributed by atoms with E-state index in [4.69, 9.17) is 4.74 Å². The highest BCUT2D eigenvalue weighted by Gasteiger charge is 2.12. The van der Waals surface area contributed by atoms with Gasteiger partial charge in [-0.25, -0.2) is 0 Å². The Morgan fingerprint density at radius 1 is 1.00 bits per heavy atom. The first-order valence-electron chi connectivity index (χ1n) is 6.67. The van der Waals surface area contributed by atoms with Gasteiger partial charge in [-0.1, -0.05) is 47.6 Å². The van der Waals surface area contributed by atoms with Crippen molar-refractivity contribution in [3.63, 3.8) is 0 Å². The fourth-order valence-corrected chi connectivity index (χ4v) is 1.72. The van der Waals surface area contributed by atoms with Crippen LogP contribution >= 0.6 is 0 Å². The van der Waals surface area contributed by atoms with Crippen molar-refractivity contribution in [3.8, 4) is 0 Å². The Balaban J connectivity index is 2.46. The van der Waals surface area contributed by atoms with E-state index in [-0.39, 0.29) is 5.41 Å². The van der Waals surface area contributed by atoms with Crippen LogP contribution in [0.3, 0.4) is 0 Å². The molecule has 0 spiro atoms. The Hall–Kier alpha value is -0.890. The average Bonchev–Trinajstić information content (AvgIpc) is 2.16. The van der Waals surface area contributed by atoms with E-state index in [1.807, 2.05) is 6.20 Å². The molecule has 18 heavy (non-hydrogen) atoms. The highest BCUT2D eigenvalue weighted by atomic mass is 16.5. The summed E-state index contributed by atoms with van der Waals surface area (Å²) in [6.45, 7) is 14.6. The van der Waals surface area contributed by atoms with Crippen molar-refractivity contribution in [1.29, 1.82) is 0 Å². The van der Waals surface area contributed by atoms with Crippen molar-refractivity contribution in [3.05, 3.63) is 29.6 Å². The molecule has 0 aromatic carbocycles. The Morgan fingerprint density at radius 2 is 1.67 bits per heavy atom. The number of hydrogen-bond donors (Lipinski definition) is 0. The Labute approximate surface area is 112 Å². The van der Waals surface area contributed by atoms with Crippen LogP contribution in [-0.4, -0.2) is 11.6 Å². The summed E-state index contributed by atoms with van der Waals surface area (Å²) in [6, 6.07) is 4.23. The lowest BCUT2D eigenvalue weighted by atomic mass is 9.89. The molecular weight excluding hydrogens is 222 g/mol. The lowest BCUT2D eigenvalue weighted by Gasteiger charge is -2.19. The minimum atomic E-state index is 0.214. The lowest BCUT2D eigenvalue weighted by Crippen LogP contribution is -2.14. The van der Waals surface area contributed by atoms with E-state index in [1.54, 1.807) is 0 Å². The maximum Gasteiger partial charge on any atom is 0.0888 e. The first kappa shape index (κ1) is 15.2. The van der Waals surface area contributed by atoms with E-state index >= 15 is 0 Å². The van der Waals surface area contributed by atoms with Crippen molar-refractivity contribution >= 4 is 0 Å². The molecule has 2 heteroatoms. The number of hydrogen-bond acceptors (Lipinski definition) is 2. The van der Waals surface area contributed by atoms with Crippen LogP contribution in [0.2, 0.25) is 0 Å². The highest BCUT2D eigenvalue weighted by molar-refractivity contribution is 5.14. The molecule has 0 fully saturated rings. The van der Waals surface area contributed by atoms with Gasteiger partial charge < -0.3 is 4.74 Å². The molecule has 0 aliphatic carbocycles. The van der Waals surface area contributed by atoms with Gasteiger partial charge in [0.25, 0.3) is 0 Å². The van der Waals surface area contributed by atoms with E-state index in [0.717, 1.165) is 18.7 Å². The van der Waals surface area contributed by atoms with Gasteiger partial charge in [-0.3, -0.25) is 4.98 Å². The molecule has 0 aliphatic rings. The summed E-state index contributed by atoms with van der Waals surface area (Å²) in [5.41, 5.74) is 2.83. The maximum absolute atomic E-state index is 5.66. The van der Waals surface area contributed by atoms with Crippen LogP contribution in [-0.2, 0) is 17.8 Å². The van der Waals surface area contributed by atoms with Crippen LogP contribution in [0.15, 0.2) is 18.3 Å². The molecule has 102 valence electrons. The van der Waals surface area contributed by atoms with Crippen molar-refractivity contribution < 1.29 is 4.74 Å². The summed E-state index contributed by atoms with van der Waals surface area (Å²) >= 11 is 0. The molecule has 0 saturated carbocycles. The Bertz CT molecular complexity index is 354. The van der Waals surface area contributed by atoms with Gasteiger partial charge in [-0.05, 0) is 28.9 Å². The van der Waals surface area contributed by atoms with Gasteiger partial charge in [-0.2, -0.15) is 0 Å². The third-order valence-corrected chi connectivity index (χ3v) is 2.41. The standard InChI is InChI=1S/C16H27NO/c1-15(2,3)9-13-7-8-14(17-10-13)11-18-12-16(4,5)6/h7-8,10H,9,11-12H2,1-6H3. The molecular formula is C16H27NO. The van der Waals surface area contributed by atoms with Crippen molar-refractivity contribution in [1.82, 2.24) is 4.98 Å². The zero-order valence-electron chi connectivity index (χ0n) is 12.7. The summed E-state index contributed by atoms with van der Waals surface area (Å²) in [7, 11) is 0. The minimum absolute atomic E-state index is 0.214. The zero-order chi connectivity index (χ0) is 13.8. The van der Waals surface area contributed by atoms with E-state index < -0.39 is 0 Å². The molecule has 0 N–H and O–H groups in total. The molecule has 0 amide bonds. The summed E-state index contributed by atoms with van der Waals surface area (Å²) in [5, 5.41) is 0. The highest BCUT2D eigenvalue weighted by Crippen LogP contribution is 2.20. The minimum Gasteiger partial charge on any atom is -0.375 e. The number of aromatic nitrogens is 1. The van der Waals surface area contributed by atoms with Crippen LogP contribution < -0.4 is 0 Å². The van der Waals surface area contributed by atoms with Crippen molar-refractivity contribution in [2.24, 2.45) is 10.8 Å². The molecule has 0 unspecified atom stereocenters. The van der Waals surface area contributed by atoms with Crippen LogP contribution in [0.4, 0.5) is 0 Å². The topological polar surface area (TPSA) is 22.1 Å². The molecule has 0 bridgehead atoms. The first-order valence-corrected chi connectivity index (χ1v) is 6.67. The molecule has 1 aromatic rings. The fraction of sp³-hybridized carbons (Fsp3) is 0.688. The number of ether oxygens (including phenoxy) is 1. The second-order valence-electron chi connectivity index (χ2n) is 7.45. The summed E-state index contributed by atoms with van der Waals surface area (Å²) < 4.78 is 5.66. The molecule has 0 radical (unpaired) electrons. The van der Waals surface area contributed by atoms with Gasteiger partial charge in [-0.15, -0.1) is 0 Å². The van der Waals surface area contributed by atoms with Gasteiger partial charge >= 0.3 is 0 Å². The predicted octanol–water partition coefficient (Wildman–Crippen LogP) is 4.23. The van der Waals surface area contributed by atoms with Gasteiger partial charge in [0.1, 0.15) is 0 Å². The van der Waals surface area contributed by atoms with Gasteiger partial charge in [0, 0.05) is 6.20 Å². The third-order valence-electron chi connectivity index (χ3n) is 2.41. The monoisotopic (exact) mass is 249 g/mol. The largest absolute Gasteiger partial charge is 0.375 e. The number of pyridine rings is 1. The van der Waals surface area contributed by atoms with E-state index in [0.29, 0.717) is 12.0 Å². The van der Waals surface area contributed by atoms with Gasteiger partial charge in [0.15, 0.2) is 0 Å². The van der Waals surface area contributed by atoms with Crippen LogP contribution in [0.1, 0.15) is 52.8 Å². The SMILES string of the molecule is CC(C)(C)COCc1ccc(CC(C)(C)C)cn1. The Kier molecular flexibility index (Phi) is 4.92. The van der Waals surface area contributed by atoms with Crippen LogP contribution in [0.25, 0.3) is 0 Å². The molecule has 2 nitrogen and oxygen atoms in total. The Morgan fingerprint density at radius 3 is 2.11 bits per heavy atom. The second kappa shape index (κ2) is 5.83. The van der Waals surface area contributed by atoms with Gasteiger partial charge in [0.2, 0.25) is 0 Å². The van der Waals surface area contributed by atoms with Crippen LogP contribution in [0.5, 0.6) is 0 Å². The number of nitrogens with zero attached hydrogens (tertiary/aromatic N) is 1. The summed E-state index contributed by atoms with van der Waals surface area (Å²) in [6.07, 6.45) is 3.03. The third kappa shape index (κ3) is 6.75. The van der Waals surface area contributed by atoms with E-state index in [2.05, 4.69) is 58.7 Å². The molecule has 1 rings (SSSR count). The predicted molar refractivity (Wildman–Crippen MR) is 76.5 cm³/mol. The molecule has 0 saturated heterocycles. The molecule has 0 aliphatic heterocycles. The normalized spacial score (nSPS) is 12.8. The summed E-state index contributed by atoms with van der Waals surface area (Å²) in [5.74, 6) is 0. The molecule has 1 heterocycles. The van der Waals surface area contributed by atoms with E-state index in [1.165, 1.54) is 5.56 Å². The van der Waals surface area contributed by atoms with Crippen LogP contribution in [0, 0.1) is 10.8 Å². The maximum atomic E-state index is 5.66. The first-order chi connectivity index (χ1) is 8.16.